The van der Waals surface area contributed by atoms with E-state index >= 15 is 0 Å². The average molecular weight is 292 g/mol. The molecule has 0 bridgehead atoms. The van der Waals surface area contributed by atoms with Crippen LogP contribution in [0.2, 0.25) is 0 Å². The van der Waals surface area contributed by atoms with Crippen LogP contribution in [0, 0.1) is 0 Å². The number of phenols is 1. The molecule has 6 heteroatoms. The first-order valence-electron chi connectivity index (χ1n) is 2.95. The molecule has 4 nitrogen and oxygen atoms in total. The van der Waals surface area contributed by atoms with E-state index in [2.05, 4.69) is 2.52 Å². The molecule has 0 atom stereocenters. The number of hydrogen-bond donors (Lipinski definition) is 1. The fourth-order valence-corrected chi connectivity index (χ4v) is 2.05. The van der Waals surface area contributed by atoms with Crippen LogP contribution < -0.4 is 0 Å². The normalized spacial score (nSPS) is 11.4. The first-order valence-corrected chi connectivity index (χ1v) is 5.53. The van der Waals surface area contributed by atoms with Crippen molar-refractivity contribution in [2.24, 2.45) is 0 Å². The van der Waals surface area contributed by atoms with Crippen molar-refractivity contribution in [3.63, 3.8) is 0 Å². The van der Waals surface area contributed by atoms with Gasteiger partial charge in [0.05, 0.1) is 0 Å². The molecule has 0 aromatic heterocycles. The van der Waals surface area contributed by atoms with Crippen LogP contribution in [-0.4, -0.2) is 36.5 Å². The Bertz CT molecular complexity index is 356. The van der Waals surface area contributed by atoms with Crippen LogP contribution >= 0.6 is 0 Å². The third-order valence-electron chi connectivity index (χ3n) is 1.24. The van der Waals surface area contributed by atoms with Gasteiger partial charge in [-0.15, -0.1) is 0 Å². The molecule has 0 amide bonds. The Morgan fingerprint density at radius 2 is 1.75 bits per heavy atom. The standard InChI is InChI=1S/C6H6O4S.Sn/c7-5-1-3-6(4-2-5)11(8,9)10;/h1-4,7H,(H,8,9,10);/q;+1/p-1. The zero-order valence-corrected chi connectivity index (χ0v) is 9.56. The molecule has 12 heavy (non-hydrogen) atoms. The average Bonchev–Trinajstić information content (AvgIpc) is 2.05. The van der Waals surface area contributed by atoms with Crippen molar-refractivity contribution in [3.8, 4) is 5.75 Å². The van der Waals surface area contributed by atoms with Gasteiger partial charge >= 0.3 is 84.0 Å². The van der Waals surface area contributed by atoms with Crippen molar-refractivity contribution in [3.05, 3.63) is 24.3 Å². The molecule has 0 heterocycles. The third kappa shape index (κ3) is 2.11. The van der Waals surface area contributed by atoms with Gasteiger partial charge in [0.1, 0.15) is 0 Å². The van der Waals surface area contributed by atoms with Gasteiger partial charge in [0.25, 0.3) is 0 Å². The molecule has 1 rings (SSSR count). The summed E-state index contributed by atoms with van der Waals surface area (Å²) in [5.41, 5.74) is 0. The molecule has 0 saturated carbocycles. The molecule has 0 aliphatic carbocycles. The molecule has 0 fully saturated rings. The zero-order valence-electron chi connectivity index (χ0n) is 5.89. The van der Waals surface area contributed by atoms with E-state index in [1.54, 1.807) is 0 Å². The fourth-order valence-electron chi connectivity index (χ4n) is 0.661. The quantitative estimate of drug-likeness (QED) is 0.790. The molecular formula is C6H5O4SSn. The van der Waals surface area contributed by atoms with Crippen LogP contribution in [0.4, 0.5) is 0 Å². The zero-order chi connectivity index (χ0) is 9.19. The maximum atomic E-state index is 11.0. The molecule has 0 unspecified atom stereocenters. The molecule has 0 aliphatic heterocycles. The summed E-state index contributed by atoms with van der Waals surface area (Å²) in [5, 5.41) is 8.87. The van der Waals surface area contributed by atoms with Gasteiger partial charge in [-0.1, -0.05) is 0 Å². The fraction of sp³-hybridized carbons (Fsp3) is 0. The number of aromatic hydroxyl groups is 1. The van der Waals surface area contributed by atoms with Crippen molar-refractivity contribution in [2.75, 3.05) is 0 Å². The molecule has 0 aliphatic rings. The minimum absolute atomic E-state index is 0.0259. The molecule has 3 radical (unpaired) electrons. The van der Waals surface area contributed by atoms with Crippen molar-refractivity contribution in [1.82, 2.24) is 0 Å². The van der Waals surface area contributed by atoms with Crippen LogP contribution in [-0.2, 0) is 12.6 Å². The predicted octanol–water partition coefficient (Wildman–Crippen LogP) is 0.181. The van der Waals surface area contributed by atoms with Gasteiger partial charge in [-0.25, -0.2) is 0 Å². The van der Waals surface area contributed by atoms with Gasteiger partial charge in [-0.3, -0.25) is 0 Å². The van der Waals surface area contributed by atoms with Crippen LogP contribution in [0.25, 0.3) is 0 Å². The Hall–Kier alpha value is -0.271. The molecule has 1 aromatic rings. The van der Waals surface area contributed by atoms with E-state index in [4.69, 9.17) is 5.11 Å². The summed E-state index contributed by atoms with van der Waals surface area (Å²) < 4.78 is 26.4. The Labute approximate surface area is 83.9 Å². The summed E-state index contributed by atoms with van der Waals surface area (Å²) >= 11 is 0.466. The number of benzene rings is 1. The van der Waals surface area contributed by atoms with Crippen molar-refractivity contribution >= 4 is 33.1 Å². The second-order valence-electron chi connectivity index (χ2n) is 2.03. The van der Waals surface area contributed by atoms with E-state index in [1.165, 1.54) is 24.3 Å². The molecular weight excluding hydrogens is 287 g/mol. The van der Waals surface area contributed by atoms with E-state index in [0.717, 1.165) is 0 Å². The third-order valence-corrected chi connectivity index (χ3v) is 4.18. The van der Waals surface area contributed by atoms with Crippen molar-refractivity contribution in [1.29, 1.82) is 0 Å². The number of rotatable bonds is 2. The number of phenolic OH excluding ortho intramolecular Hbond substituents is 1. The van der Waals surface area contributed by atoms with E-state index in [1.807, 2.05) is 0 Å². The second kappa shape index (κ2) is 3.63. The van der Waals surface area contributed by atoms with E-state index in [0.29, 0.717) is 22.9 Å². The Kier molecular flexibility index (Phi) is 2.97. The molecule has 1 N–H and O–H groups in total. The first-order chi connectivity index (χ1) is 5.56. The molecule has 1 aromatic carbocycles. The van der Waals surface area contributed by atoms with Crippen LogP contribution in [0.3, 0.4) is 0 Å². The topological polar surface area (TPSA) is 63.6 Å². The van der Waals surface area contributed by atoms with E-state index < -0.39 is 10.1 Å². The Balaban J connectivity index is 3.14. The van der Waals surface area contributed by atoms with Gasteiger partial charge < -0.3 is 0 Å². The summed E-state index contributed by atoms with van der Waals surface area (Å²) in [7, 11) is -3.59. The summed E-state index contributed by atoms with van der Waals surface area (Å²) in [6.45, 7) is 0. The Morgan fingerprint density at radius 1 is 1.25 bits per heavy atom. The van der Waals surface area contributed by atoms with Gasteiger partial charge in [-0.2, -0.15) is 0 Å². The molecule has 0 saturated heterocycles. The van der Waals surface area contributed by atoms with Crippen LogP contribution in [0.1, 0.15) is 0 Å². The summed E-state index contributed by atoms with van der Waals surface area (Å²) in [4.78, 5) is 0.0529. The van der Waals surface area contributed by atoms with Gasteiger partial charge in [0, 0.05) is 0 Å². The van der Waals surface area contributed by atoms with E-state index in [-0.39, 0.29) is 10.6 Å². The molecule has 63 valence electrons. The van der Waals surface area contributed by atoms with Crippen molar-refractivity contribution < 1.29 is 16.0 Å². The van der Waals surface area contributed by atoms with Gasteiger partial charge in [0.15, 0.2) is 0 Å². The SMILES string of the molecule is O=S(=O)([O][Sn])c1ccc(O)cc1. The number of hydrogen-bond acceptors (Lipinski definition) is 4. The summed E-state index contributed by atoms with van der Waals surface area (Å²) in [5.74, 6) is 0.0259. The van der Waals surface area contributed by atoms with Gasteiger partial charge in [-0.05, 0) is 0 Å². The summed E-state index contributed by atoms with van der Waals surface area (Å²) in [6.07, 6.45) is 0. The van der Waals surface area contributed by atoms with Gasteiger partial charge in [0.2, 0.25) is 0 Å². The minimum atomic E-state index is -3.59. The first kappa shape index (κ1) is 9.81. The van der Waals surface area contributed by atoms with Crippen LogP contribution in [0.15, 0.2) is 29.2 Å². The monoisotopic (exact) mass is 293 g/mol. The Morgan fingerprint density at radius 3 is 2.17 bits per heavy atom. The van der Waals surface area contributed by atoms with E-state index in [9.17, 15) is 8.42 Å². The second-order valence-corrected chi connectivity index (χ2v) is 5.00. The molecule has 0 spiro atoms. The van der Waals surface area contributed by atoms with Crippen LogP contribution in [0.5, 0.6) is 5.75 Å². The maximum absolute atomic E-state index is 11.0. The summed E-state index contributed by atoms with van der Waals surface area (Å²) in [6, 6.07) is 5.16. The predicted molar refractivity (Wildman–Crippen MR) is 42.1 cm³/mol. The van der Waals surface area contributed by atoms with Crippen molar-refractivity contribution in [2.45, 2.75) is 4.90 Å².